The molecule has 0 unspecified atom stereocenters. The van der Waals surface area contributed by atoms with Crippen molar-refractivity contribution in [2.45, 2.75) is 45.1 Å². The van der Waals surface area contributed by atoms with Crippen molar-refractivity contribution in [3.8, 4) is 0 Å². The predicted octanol–water partition coefficient (Wildman–Crippen LogP) is 2.42. The van der Waals surface area contributed by atoms with E-state index in [2.05, 4.69) is 41.2 Å². The van der Waals surface area contributed by atoms with Crippen LogP contribution < -0.4 is 10.2 Å². The van der Waals surface area contributed by atoms with Gasteiger partial charge in [-0.15, -0.1) is 0 Å². The van der Waals surface area contributed by atoms with Gasteiger partial charge in [-0.3, -0.25) is 4.98 Å². The monoisotopic (exact) mass is 245 g/mol. The zero-order valence-electron chi connectivity index (χ0n) is 11.5. The summed E-state index contributed by atoms with van der Waals surface area (Å²) in [7, 11) is 0. The van der Waals surface area contributed by atoms with Gasteiger partial charge in [-0.25, -0.2) is 0 Å². The van der Waals surface area contributed by atoms with Crippen LogP contribution in [0.5, 0.6) is 0 Å². The van der Waals surface area contributed by atoms with Gasteiger partial charge in [0.15, 0.2) is 0 Å². The third kappa shape index (κ3) is 2.12. The zero-order valence-corrected chi connectivity index (χ0v) is 11.5. The average molecular weight is 245 g/mol. The normalized spacial score (nSPS) is 22.7. The van der Waals surface area contributed by atoms with Crippen molar-refractivity contribution in [1.29, 1.82) is 0 Å². The Morgan fingerprint density at radius 2 is 2.00 bits per heavy atom. The second-order valence-corrected chi connectivity index (χ2v) is 5.89. The maximum absolute atomic E-state index is 4.60. The smallest absolute Gasteiger partial charge is 0.0608 e. The van der Waals surface area contributed by atoms with Crippen LogP contribution in [0.3, 0.4) is 0 Å². The summed E-state index contributed by atoms with van der Waals surface area (Å²) < 4.78 is 0. The third-order valence-corrected chi connectivity index (χ3v) is 4.47. The van der Waals surface area contributed by atoms with Gasteiger partial charge in [-0.2, -0.15) is 0 Å². The largest absolute Gasteiger partial charge is 0.367 e. The molecule has 3 nitrogen and oxygen atoms in total. The fraction of sp³-hybridized carbons (Fsp3) is 0.667. The molecule has 0 radical (unpaired) electrons. The molecular weight excluding hydrogens is 222 g/mol. The highest BCUT2D eigenvalue weighted by atomic mass is 15.2. The molecule has 0 atom stereocenters. The van der Waals surface area contributed by atoms with Crippen LogP contribution in [-0.4, -0.2) is 30.2 Å². The molecule has 2 fully saturated rings. The Morgan fingerprint density at radius 3 is 2.72 bits per heavy atom. The van der Waals surface area contributed by atoms with Crippen molar-refractivity contribution in [3.05, 3.63) is 23.5 Å². The first-order chi connectivity index (χ1) is 8.69. The molecule has 1 saturated carbocycles. The zero-order chi connectivity index (χ0) is 12.6. The van der Waals surface area contributed by atoms with Crippen LogP contribution in [-0.2, 0) is 0 Å². The van der Waals surface area contributed by atoms with E-state index in [0.29, 0.717) is 5.54 Å². The van der Waals surface area contributed by atoms with Crippen LogP contribution in [0.4, 0.5) is 5.69 Å². The summed E-state index contributed by atoms with van der Waals surface area (Å²) >= 11 is 0. The number of pyridine rings is 1. The van der Waals surface area contributed by atoms with Gasteiger partial charge in [-0.1, -0.05) is 12.8 Å². The standard InChI is InChI=1S/C15H23N3/c1-12-5-6-14(13(2)17-12)18-10-9-16-15(11-18)7-3-4-8-15/h5-6,16H,3-4,7-11H2,1-2H3. The van der Waals surface area contributed by atoms with Gasteiger partial charge >= 0.3 is 0 Å². The maximum Gasteiger partial charge on any atom is 0.0608 e. The summed E-state index contributed by atoms with van der Waals surface area (Å²) in [5.41, 5.74) is 4.00. The van der Waals surface area contributed by atoms with Gasteiger partial charge in [0.05, 0.1) is 11.4 Å². The van der Waals surface area contributed by atoms with Crippen LogP contribution in [0.1, 0.15) is 37.1 Å². The van der Waals surface area contributed by atoms with E-state index in [9.17, 15) is 0 Å². The lowest BCUT2D eigenvalue weighted by Gasteiger charge is -2.43. The molecule has 0 amide bonds. The van der Waals surface area contributed by atoms with Crippen LogP contribution in [0.15, 0.2) is 12.1 Å². The summed E-state index contributed by atoms with van der Waals surface area (Å²) in [6.45, 7) is 7.55. The predicted molar refractivity (Wildman–Crippen MR) is 75.1 cm³/mol. The first-order valence-corrected chi connectivity index (χ1v) is 7.13. The Hall–Kier alpha value is -1.09. The molecule has 1 aromatic heterocycles. The van der Waals surface area contributed by atoms with Gasteiger partial charge < -0.3 is 10.2 Å². The minimum atomic E-state index is 0.385. The van der Waals surface area contributed by atoms with E-state index in [1.165, 1.54) is 37.1 Å². The van der Waals surface area contributed by atoms with Crippen LogP contribution >= 0.6 is 0 Å². The van der Waals surface area contributed by atoms with E-state index in [0.717, 1.165) is 25.3 Å². The summed E-state index contributed by atoms with van der Waals surface area (Å²) in [6, 6.07) is 4.37. The van der Waals surface area contributed by atoms with Gasteiger partial charge in [0.1, 0.15) is 0 Å². The minimum absolute atomic E-state index is 0.385. The summed E-state index contributed by atoms with van der Waals surface area (Å²) in [4.78, 5) is 7.13. The second kappa shape index (κ2) is 4.54. The summed E-state index contributed by atoms with van der Waals surface area (Å²) in [6.07, 6.45) is 5.43. The molecule has 1 N–H and O–H groups in total. The van der Waals surface area contributed by atoms with Gasteiger partial charge in [-0.05, 0) is 38.8 Å². The van der Waals surface area contributed by atoms with Crippen molar-refractivity contribution in [3.63, 3.8) is 0 Å². The molecule has 3 rings (SSSR count). The van der Waals surface area contributed by atoms with Crippen LogP contribution in [0.2, 0.25) is 0 Å². The number of hydrogen-bond donors (Lipinski definition) is 1. The van der Waals surface area contributed by atoms with Crippen molar-refractivity contribution in [2.24, 2.45) is 0 Å². The van der Waals surface area contributed by atoms with E-state index in [1.54, 1.807) is 0 Å². The molecule has 3 heteroatoms. The number of rotatable bonds is 1. The van der Waals surface area contributed by atoms with Crippen molar-refractivity contribution < 1.29 is 0 Å². The van der Waals surface area contributed by atoms with Gasteiger partial charge in [0.25, 0.3) is 0 Å². The molecule has 98 valence electrons. The molecule has 0 bridgehead atoms. The number of hydrogen-bond acceptors (Lipinski definition) is 3. The van der Waals surface area contributed by atoms with Crippen molar-refractivity contribution in [2.75, 3.05) is 24.5 Å². The van der Waals surface area contributed by atoms with Crippen molar-refractivity contribution in [1.82, 2.24) is 10.3 Å². The summed E-state index contributed by atoms with van der Waals surface area (Å²) in [5, 5.41) is 3.76. The quantitative estimate of drug-likeness (QED) is 0.823. The molecule has 1 aromatic rings. The molecule has 1 spiro atoms. The number of nitrogens with zero attached hydrogens (tertiary/aromatic N) is 2. The lowest BCUT2D eigenvalue weighted by molar-refractivity contribution is 0.303. The van der Waals surface area contributed by atoms with Gasteiger partial charge in [0.2, 0.25) is 0 Å². The number of piperazine rings is 1. The maximum atomic E-state index is 4.60. The van der Waals surface area contributed by atoms with E-state index >= 15 is 0 Å². The third-order valence-electron chi connectivity index (χ3n) is 4.47. The van der Waals surface area contributed by atoms with E-state index in [1.807, 2.05) is 0 Å². The molecule has 1 aliphatic heterocycles. The Bertz CT molecular complexity index is 435. The van der Waals surface area contributed by atoms with E-state index in [-0.39, 0.29) is 0 Å². The molecule has 2 aliphatic rings. The first kappa shape index (κ1) is 12.0. The van der Waals surface area contributed by atoms with Crippen molar-refractivity contribution >= 4 is 5.69 Å². The fourth-order valence-electron chi connectivity index (χ4n) is 3.56. The number of nitrogens with one attached hydrogen (secondary N) is 1. The Balaban J connectivity index is 1.83. The lowest BCUT2D eigenvalue weighted by Crippen LogP contribution is -2.59. The number of anilines is 1. The molecule has 18 heavy (non-hydrogen) atoms. The highest BCUT2D eigenvalue weighted by Gasteiger charge is 2.37. The topological polar surface area (TPSA) is 28.2 Å². The van der Waals surface area contributed by atoms with Crippen LogP contribution in [0.25, 0.3) is 0 Å². The fourth-order valence-corrected chi connectivity index (χ4v) is 3.56. The molecule has 1 aliphatic carbocycles. The average Bonchev–Trinajstić information content (AvgIpc) is 2.77. The Morgan fingerprint density at radius 1 is 1.22 bits per heavy atom. The first-order valence-electron chi connectivity index (χ1n) is 7.13. The van der Waals surface area contributed by atoms with E-state index in [4.69, 9.17) is 0 Å². The summed E-state index contributed by atoms with van der Waals surface area (Å²) in [5.74, 6) is 0. The lowest BCUT2D eigenvalue weighted by atomic mass is 9.94. The highest BCUT2D eigenvalue weighted by molar-refractivity contribution is 5.51. The highest BCUT2D eigenvalue weighted by Crippen LogP contribution is 2.34. The minimum Gasteiger partial charge on any atom is -0.367 e. The molecular formula is C15H23N3. The Labute approximate surface area is 110 Å². The SMILES string of the molecule is Cc1ccc(N2CCNC3(CCCC3)C2)c(C)n1. The number of aromatic nitrogens is 1. The van der Waals surface area contributed by atoms with Crippen LogP contribution in [0, 0.1) is 13.8 Å². The van der Waals surface area contributed by atoms with Gasteiger partial charge in [0, 0.05) is 30.9 Å². The molecule has 0 aromatic carbocycles. The number of aryl methyl sites for hydroxylation is 2. The van der Waals surface area contributed by atoms with E-state index < -0.39 is 0 Å². The molecule has 2 heterocycles. The second-order valence-electron chi connectivity index (χ2n) is 5.89. The Kier molecular flexibility index (Phi) is 3.02. The molecule has 1 saturated heterocycles.